The van der Waals surface area contributed by atoms with Crippen molar-refractivity contribution < 1.29 is 13.5 Å². The number of hydrogen-bond donors (Lipinski definition) is 2. The van der Waals surface area contributed by atoms with Gasteiger partial charge in [0.1, 0.15) is 0 Å². The highest BCUT2D eigenvalue weighted by Gasteiger charge is 2.44. The minimum Gasteiger partial charge on any atom is -0.390 e. The molecule has 2 atom stereocenters. The zero-order valence-electron chi connectivity index (χ0n) is 7.66. The van der Waals surface area contributed by atoms with E-state index in [0.717, 1.165) is 12.8 Å². The van der Waals surface area contributed by atoms with Crippen LogP contribution in [0.15, 0.2) is 0 Å². The number of nitrogens with one attached hydrogen (secondary N) is 1. The first-order valence-electron chi connectivity index (χ1n) is 4.56. The number of aliphatic hydroxyl groups excluding tert-OH is 1. The van der Waals surface area contributed by atoms with Gasteiger partial charge in [-0.3, -0.25) is 0 Å². The molecule has 0 spiro atoms. The van der Waals surface area contributed by atoms with Crippen molar-refractivity contribution in [2.24, 2.45) is 0 Å². The molecule has 0 aromatic heterocycles. The summed E-state index contributed by atoms with van der Waals surface area (Å²) in [6.07, 6.45) is 1.44. The van der Waals surface area contributed by atoms with Crippen LogP contribution in [0, 0.1) is 0 Å². The summed E-state index contributed by atoms with van der Waals surface area (Å²) in [6.45, 7) is 2.06. The Morgan fingerprint density at radius 2 is 2.00 bits per heavy atom. The lowest BCUT2D eigenvalue weighted by Gasteiger charge is -2.19. The fraction of sp³-hybridized carbons (Fsp3) is 1.00. The van der Waals surface area contributed by atoms with Crippen molar-refractivity contribution in [1.82, 2.24) is 5.32 Å². The van der Waals surface area contributed by atoms with Crippen LogP contribution in [0.4, 0.5) is 0 Å². The molecule has 1 heterocycles. The highest BCUT2D eigenvalue weighted by molar-refractivity contribution is 7.91. The minimum absolute atomic E-state index is 0.0826. The van der Waals surface area contributed by atoms with Crippen LogP contribution < -0.4 is 5.32 Å². The molecular formula is C8H15NO3S. The lowest BCUT2D eigenvalue weighted by molar-refractivity contribution is 0.158. The molecule has 0 aromatic rings. The maximum atomic E-state index is 11.2. The van der Waals surface area contributed by atoms with Crippen molar-refractivity contribution in [1.29, 1.82) is 0 Å². The molecule has 1 aliphatic carbocycles. The van der Waals surface area contributed by atoms with Crippen LogP contribution >= 0.6 is 0 Å². The van der Waals surface area contributed by atoms with Crippen LogP contribution in [0.3, 0.4) is 0 Å². The topological polar surface area (TPSA) is 66.4 Å². The Morgan fingerprint density at radius 3 is 2.38 bits per heavy atom. The molecule has 4 nitrogen and oxygen atoms in total. The average molecular weight is 205 g/mol. The van der Waals surface area contributed by atoms with Crippen LogP contribution in [0.5, 0.6) is 0 Å². The SMILES string of the molecule is CC1(NC2CS(=O)(=O)CC2O)CC1. The highest BCUT2D eigenvalue weighted by Crippen LogP contribution is 2.35. The van der Waals surface area contributed by atoms with Crippen molar-refractivity contribution in [3.05, 3.63) is 0 Å². The second kappa shape index (κ2) is 2.68. The van der Waals surface area contributed by atoms with Gasteiger partial charge in [0, 0.05) is 11.6 Å². The Bertz CT molecular complexity index is 307. The fourth-order valence-electron chi connectivity index (χ4n) is 1.75. The van der Waals surface area contributed by atoms with E-state index < -0.39 is 15.9 Å². The maximum absolute atomic E-state index is 11.2. The molecule has 1 saturated carbocycles. The van der Waals surface area contributed by atoms with Crippen molar-refractivity contribution in [2.45, 2.75) is 37.5 Å². The van der Waals surface area contributed by atoms with Crippen molar-refractivity contribution in [2.75, 3.05) is 11.5 Å². The van der Waals surface area contributed by atoms with Crippen LogP contribution in [-0.2, 0) is 9.84 Å². The van der Waals surface area contributed by atoms with Gasteiger partial charge in [0.05, 0.1) is 17.6 Å². The first-order valence-corrected chi connectivity index (χ1v) is 6.39. The van der Waals surface area contributed by atoms with E-state index in [-0.39, 0.29) is 23.1 Å². The summed E-state index contributed by atoms with van der Waals surface area (Å²) in [4.78, 5) is 0. The predicted molar refractivity (Wildman–Crippen MR) is 49.2 cm³/mol. The van der Waals surface area contributed by atoms with E-state index >= 15 is 0 Å². The summed E-state index contributed by atoms with van der Waals surface area (Å²) in [5.74, 6) is 0.00447. The average Bonchev–Trinajstić information content (AvgIpc) is 2.58. The zero-order valence-corrected chi connectivity index (χ0v) is 8.47. The first-order chi connectivity index (χ1) is 5.90. The number of hydrogen-bond acceptors (Lipinski definition) is 4. The van der Waals surface area contributed by atoms with Gasteiger partial charge in [-0.15, -0.1) is 0 Å². The monoisotopic (exact) mass is 205 g/mol. The molecule has 76 valence electrons. The second-order valence-corrected chi connectivity index (χ2v) is 6.61. The molecule has 2 N–H and O–H groups in total. The molecule has 2 aliphatic rings. The number of sulfone groups is 1. The van der Waals surface area contributed by atoms with Gasteiger partial charge >= 0.3 is 0 Å². The molecule has 0 bridgehead atoms. The molecule has 2 unspecified atom stereocenters. The molecule has 0 radical (unpaired) electrons. The summed E-state index contributed by atoms with van der Waals surface area (Å²) < 4.78 is 22.3. The molecule has 2 fully saturated rings. The van der Waals surface area contributed by atoms with Gasteiger partial charge in [-0.1, -0.05) is 0 Å². The van der Waals surface area contributed by atoms with E-state index in [2.05, 4.69) is 12.2 Å². The van der Waals surface area contributed by atoms with Gasteiger partial charge in [0.2, 0.25) is 0 Å². The molecule has 1 saturated heterocycles. The summed E-state index contributed by atoms with van der Waals surface area (Å²) in [7, 11) is -3.00. The standard InChI is InChI=1S/C8H15NO3S/c1-8(2-3-8)9-6-4-13(11,12)5-7(6)10/h6-7,9-10H,2-5H2,1H3. The highest BCUT2D eigenvalue weighted by atomic mass is 32.2. The Morgan fingerprint density at radius 1 is 1.38 bits per heavy atom. The predicted octanol–water partition coefficient (Wildman–Crippen LogP) is -0.714. The van der Waals surface area contributed by atoms with Gasteiger partial charge in [0.15, 0.2) is 9.84 Å². The van der Waals surface area contributed by atoms with E-state index in [4.69, 9.17) is 0 Å². The summed E-state index contributed by atoms with van der Waals surface area (Å²) in [5.41, 5.74) is 0.0888. The van der Waals surface area contributed by atoms with Crippen LogP contribution in [0.2, 0.25) is 0 Å². The van der Waals surface area contributed by atoms with Crippen molar-refractivity contribution in [3.63, 3.8) is 0 Å². The van der Waals surface area contributed by atoms with E-state index in [9.17, 15) is 13.5 Å². The minimum atomic E-state index is -3.00. The second-order valence-electron chi connectivity index (χ2n) is 4.46. The van der Waals surface area contributed by atoms with E-state index in [1.165, 1.54) is 0 Å². The smallest absolute Gasteiger partial charge is 0.154 e. The number of aliphatic hydroxyl groups is 1. The molecule has 13 heavy (non-hydrogen) atoms. The van der Waals surface area contributed by atoms with Gasteiger partial charge in [-0.25, -0.2) is 8.42 Å². The third-order valence-corrected chi connectivity index (χ3v) is 4.57. The van der Waals surface area contributed by atoms with Crippen molar-refractivity contribution >= 4 is 9.84 Å². The Labute approximate surface area is 78.3 Å². The molecule has 0 amide bonds. The van der Waals surface area contributed by atoms with Gasteiger partial charge in [-0.2, -0.15) is 0 Å². The fourth-order valence-corrected chi connectivity index (χ4v) is 3.49. The Balaban J connectivity index is 2.01. The molecule has 1 aliphatic heterocycles. The number of rotatable bonds is 2. The summed E-state index contributed by atoms with van der Waals surface area (Å²) >= 11 is 0. The summed E-state index contributed by atoms with van der Waals surface area (Å²) in [6, 6.07) is -0.252. The molecule has 0 aromatic carbocycles. The third-order valence-electron chi connectivity index (χ3n) is 2.86. The van der Waals surface area contributed by atoms with Gasteiger partial charge < -0.3 is 10.4 Å². The van der Waals surface area contributed by atoms with Gasteiger partial charge in [0.25, 0.3) is 0 Å². The molecular weight excluding hydrogens is 190 g/mol. The molecule has 5 heteroatoms. The van der Waals surface area contributed by atoms with Crippen LogP contribution in [-0.4, -0.2) is 42.7 Å². The van der Waals surface area contributed by atoms with Crippen LogP contribution in [0.1, 0.15) is 19.8 Å². The zero-order chi connectivity index (χ0) is 9.69. The summed E-state index contributed by atoms with van der Waals surface area (Å²) in [5, 5.41) is 12.7. The quantitative estimate of drug-likeness (QED) is 0.625. The van der Waals surface area contributed by atoms with Crippen LogP contribution in [0.25, 0.3) is 0 Å². The Hall–Kier alpha value is -0.130. The third kappa shape index (κ3) is 2.03. The van der Waals surface area contributed by atoms with Crippen molar-refractivity contribution in [3.8, 4) is 0 Å². The lowest BCUT2D eigenvalue weighted by atomic mass is 10.2. The van der Waals surface area contributed by atoms with E-state index in [0.29, 0.717) is 0 Å². The maximum Gasteiger partial charge on any atom is 0.154 e. The van der Waals surface area contributed by atoms with E-state index in [1.807, 2.05) is 0 Å². The lowest BCUT2D eigenvalue weighted by Crippen LogP contribution is -2.45. The normalized spacial score (nSPS) is 40.5. The van der Waals surface area contributed by atoms with Gasteiger partial charge in [-0.05, 0) is 19.8 Å². The first kappa shape index (κ1) is 9.43. The largest absolute Gasteiger partial charge is 0.390 e. The van der Waals surface area contributed by atoms with E-state index in [1.54, 1.807) is 0 Å². The molecule has 2 rings (SSSR count). The Kier molecular flexibility index (Phi) is 1.94.